The average Bonchev–Trinajstić information content (AvgIpc) is 2.24. The molecule has 0 aromatic carbocycles. The van der Waals surface area contributed by atoms with Crippen LogP contribution in [0.2, 0.25) is 0 Å². The van der Waals surface area contributed by atoms with Gasteiger partial charge >= 0.3 is 5.97 Å². The molecule has 0 saturated carbocycles. The molecule has 0 radical (unpaired) electrons. The number of aliphatic hydroxyl groups excluding tert-OH is 1. The summed E-state index contributed by atoms with van der Waals surface area (Å²) in [5.74, 6) is -0.215. The Hall–Kier alpha value is -0.610. The molecule has 0 aromatic rings. The molecule has 0 rings (SSSR count). The smallest absolute Gasteiger partial charge is 0.323 e. The molecule has 2 atom stereocenters. The minimum Gasteiger partial charge on any atom is -0.465 e. The SMILES string of the molecule is CCCC(O)CNC(CCC)C(=O)OCC. The van der Waals surface area contributed by atoms with Gasteiger partial charge in [-0.25, -0.2) is 0 Å². The molecule has 2 unspecified atom stereocenters. The third kappa shape index (κ3) is 6.80. The van der Waals surface area contributed by atoms with E-state index in [0.29, 0.717) is 13.2 Å². The number of rotatable bonds is 9. The maximum atomic E-state index is 11.5. The molecule has 0 aliphatic carbocycles. The number of esters is 1. The molecule has 4 nitrogen and oxygen atoms in total. The largest absolute Gasteiger partial charge is 0.465 e. The summed E-state index contributed by atoms with van der Waals surface area (Å²) in [4.78, 5) is 11.5. The summed E-state index contributed by atoms with van der Waals surface area (Å²) in [6, 6.07) is -0.281. The molecule has 4 heteroatoms. The normalized spacial score (nSPS) is 14.5. The molecule has 0 spiro atoms. The van der Waals surface area contributed by atoms with Gasteiger partial charge in [0.05, 0.1) is 12.7 Å². The van der Waals surface area contributed by atoms with Crippen LogP contribution in [0.15, 0.2) is 0 Å². The monoisotopic (exact) mass is 231 g/mol. The fraction of sp³-hybridized carbons (Fsp3) is 0.917. The van der Waals surface area contributed by atoms with Crippen molar-refractivity contribution in [2.75, 3.05) is 13.2 Å². The minimum atomic E-state index is -0.376. The lowest BCUT2D eigenvalue weighted by Gasteiger charge is -2.18. The van der Waals surface area contributed by atoms with Crippen molar-refractivity contribution in [3.05, 3.63) is 0 Å². The first-order valence-electron chi connectivity index (χ1n) is 6.23. The van der Waals surface area contributed by atoms with Crippen LogP contribution in [0.4, 0.5) is 0 Å². The van der Waals surface area contributed by atoms with E-state index in [2.05, 4.69) is 5.32 Å². The first-order valence-corrected chi connectivity index (χ1v) is 6.23. The third-order valence-electron chi connectivity index (χ3n) is 2.37. The molecule has 0 bridgehead atoms. The van der Waals surface area contributed by atoms with E-state index in [1.807, 2.05) is 13.8 Å². The lowest BCUT2D eigenvalue weighted by atomic mass is 10.1. The number of carbonyl (C=O) groups excluding carboxylic acids is 1. The highest BCUT2D eigenvalue weighted by Gasteiger charge is 2.18. The van der Waals surface area contributed by atoms with E-state index < -0.39 is 0 Å². The van der Waals surface area contributed by atoms with Crippen LogP contribution >= 0.6 is 0 Å². The number of aliphatic hydroxyl groups is 1. The van der Waals surface area contributed by atoms with Crippen molar-refractivity contribution in [2.24, 2.45) is 0 Å². The zero-order valence-electron chi connectivity index (χ0n) is 10.7. The lowest BCUT2D eigenvalue weighted by Crippen LogP contribution is -2.41. The van der Waals surface area contributed by atoms with Gasteiger partial charge in [-0.15, -0.1) is 0 Å². The van der Waals surface area contributed by atoms with Crippen LogP contribution in [0.5, 0.6) is 0 Å². The van der Waals surface area contributed by atoms with Crippen molar-refractivity contribution < 1.29 is 14.6 Å². The van der Waals surface area contributed by atoms with Crippen LogP contribution in [0.3, 0.4) is 0 Å². The van der Waals surface area contributed by atoms with Gasteiger partial charge < -0.3 is 15.2 Å². The molecule has 0 aromatic heterocycles. The molecule has 0 aliphatic rings. The van der Waals surface area contributed by atoms with Gasteiger partial charge in [-0.3, -0.25) is 4.79 Å². The number of carbonyl (C=O) groups is 1. The van der Waals surface area contributed by atoms with Crippen LogP contribution in [-0.4, -0.2) is 36.4 Å². The highest BCUT2D eigenvalue weighted by Crippen LogP contribution is 2.01. The molecule has 96 valence electrons. The van der Waals surface area contributed by atoms with E-state index in [4.69, 9.17) is 4.74 Å². The van der Waals surface area contributed by atoms with E-state index in [-0.39, 0.29) is 18.1 Å². The summed E-state index contributed by atoms with van der Waals surface area (Å²) in [5.41, 5.74) is 0. The van der Waals surface area contributed by atoms with E-state index in [9.17, 15) is 9.90 Å². The molecular formula is C12H25NO3. The predicted molar refractivity (Wildman–Crippen MR) is 64.2 cm³/mol. The maximum absolute atomic E-state index is 11.5. The second-order valence-corrected chi connectivity index (χ2v) is 3.94. The number of hydrogen-bond acceptors (Lipinski definition) is 4. The van der Waals surface area contributed by atoms with Gasteiger partial charge in [0.2, 0.25) is 0 Å². The highest BCUT2D eigenvalue weighted by atomic mass is 16.5. The fourth-order valence-electron chi connectivity index (χ4n) is 1.55. The van der Waals surface area contributed by atoms with Gasteiger partial charge in [-0.2, -0.15) is 0 Å². The van der Waals surface area contributed by atoms with Crippen LogP contribution in [0.1, 0.15) is 46.5 Å². The van der Waals surface area contributed by atoms with Crippen LogP contribution in [0, 0.1) is 0 Å². The van der Waals surface area contributed by atoms with Crippen molar-refractivity contribution in [2.45, 2.75) is 58.6 Å². The topological polar surface area (TPSA) is 58.6 Å². The summed E-state index contributed by atoms with van der Waals surface area (Å²) in [7, 11) is 0. The summed E-state index contributed by atoms with van der Waals surface area (Å²) in [6.45, 7) is 6.71. The number of nitrogens with one attached hydrogen (secondary N) is 1. The second kappa shape index (κ2) is 9.60. The summed E-state index contributed by atoms with van der Waals surface area (Å²) < 4.78 is 4.97. The Bertz CT molecular complexity index is 185. The summed E-state index contributed by atoms with van der Waals surface area (Å²) in [5, 5.41) is 12.6. The third-order valence-corrected chi connectivity index (χ3v) is 2.37. The van der Waals surface area contributed by atoms with Crippen molar-refractivity contribution >= 4 is 5.97 Å². The minimum absolute atomic E-state index is 0.215. The molecule has 0 saturated heterocycles. The maximum Gasteiger partial charge on any atom is 0.323 e. The van der Waals surface area contributed by atoms with Crippen molar-refractivity contribution in [3.63, 3.8) is 0 Å². The molecule has 2 N–H and O–H groups in total. The van der Waals surface area contributed by atoms with Crippen molar-refractivity contribution in [1.29, 1.82) is 0 Å². The summed E-state index contributed by atoms with van der Waals surface area (Å²) >= 11 is 0. The lowest BCUT2D eigenvalue weighted by molar-refractivity contribution is -0.146. The Balaban J connectivity index is 3.97. The van der Waals surface area contributed by atoms with E-state index >= 15 is 0 Å². The standard InChI is InChI=1S/C12H25NO3/c1-4-7-10(14)9-13-11(8-5-2)12(15)16-6-3/h10-11,13-14H,4-9H2,1-3H3. The van der Waals surface area contributed by atoms with Crippen molar-refractivity contribution in [3.8, 4) is 0 Å². The van der Waals surface area contributed by atoms with Gasteiger partial charge in [0.25, 0.3) is 0 Å². The average molecular weight is 231 g/mol. The van der Waals surface area contributed by atoms with E-state index in [0.717, 1.165) is 25.7 Å². The first kappa shape index (κ1) is 15.4. The number of ether oxygens (including phenoxy) is 1. The molecule has 0 heterocycles. The molecule has 0 aliphatic heterocycles. The summed E-state index contributed by atoms with van der Waals surface area (Å²) in [6.07, 6.45) is 2.99. The Morgan fingerprint density at radius 3 is 2.38 bits per heavy atom. The molecule has 0 fully saturated rings. The van der Waals surface area contributed by atoms with Gasteiger partial charge in [-0.1, -0.05) is 26.7 Å². The Labute approximate surface area is 98.4 Å². The molecule has 0 amide bonds. The number of hydrogen-bond donors (Lipinski definition) is 2. The van der Waals surface area contributed by atoms with Crippen LogP contribution < -0.4 is 5.32 Å². The zero-order valence-corrected chi connectivity index (χ0v) is 10.7. The molecular weight excluding hydrogens is 206 g/mol. The van der Waals surface area contributed by atoms with E-state index in [1.165, 1.54) is 0 Å². The van der Waals surface area contributed by atoms with Gasteiger partial charge in [0.1, 0.15) is 6.04 Å². The van der Waals surface area contributed by atoms with Crippen LogP contribution in [-0.2, 0) is 9.53 Å². The van der Waals surface area contributed by atoms with E-state index in [1.54, 1.807) is 6.92 Å². The Kier molecular flexibility index (Phi) is 9.24. The highest BCUT2D eigenvalue weighted by molar-refractivity contribution is 5.75. The van der Waals surface area contributed by atoms with Gasteiger partial charge in [0.15, 0.2) is 0 Å². The van der Waals surface area contributed by atoms with Gasteiger partial charge in [0, 0.05) is 6.54 Å². The zero-order chi connectivity index (χ0) is 12.4. The predicted octanol–water partition coefficient (Wildman–Crippen LogP) is 1.47. The fourth-order valence-corrected chi connectivity index (χ4v) is 1.55. The Morgan fingerprint density at radius 2 is 1.88 bits per heavy atom. The van der Waals surface area contributed by atoms with Gasteiger partial charge in [-0.05, 0) is 19.8 Å². The molecule has 16 heavy (non-hydrogen) atoms. The van der Waals surface area contributed by atoms with Crippen LogP contribution in [0.25, 0.3) is 0 Å². The Morgan fingerprint density at radius 1 is 1.25 bits per heavy atom. The first-order chi connectivity index (χ1) is 7.65. The second-order valence-electron chi connectivity index (χ2n) is 3.94. The van der Waals surface area contributed by atoms with Crippen molar-refractivity contribution in [1.82, 2.24) is 5.32 Å². The quantitative estimate of drug-likeness (QED) is 0.590.